The van der Waals surface area contributed by atoms with Crippen molar-refractivity contribution in [3.8, 4) is 0 Å². The molecule has 0 atom stereocenters. The third-order valence-electron chi connectivity index (χ3n) is 4.54. The van der Waals surface area contributed by atoms with Crippen LogP contribution in [0.5, 0.6) is 0 Å². The summed E-state index contributed by atoms with van der Waals surface area (Å²) in [4.78, 5) is 12.9. The molecule has 1 N–H and O–H groups in total. The fourth-order valence-electron chi connectivity index (χ4n) is 3.28. The molecular formula is C17H24N4OS2. The van der Waals surface area contributed by atoms with Gasteiger partial charge in [-0.25, -0.2) is 0 Å². The van der Waals surface area contributed by atoms with Crippen molar-refractivity contribution in [3.63, 3.8) is 0 Å². The molecule has 0 radical (unpaired) electrons. The molecule has 1 fully saturated rings. The van der Waals surface area contributed by atoms with E-state index >= 15 is 0 Å². The van der Waals surface area contributed by atoms with Crippen LogP contribution in [0.25, 0.3) is 0 Å². The standard InChI is InChI=1S/C17H24N4OS2/c1-12-9-11-24-15(12)16(22)18-10-5-8-14-19-20-17(23-2)21(14)13-6-3-4-7-13/h9,11,13H,3-8,10H2,1-2H3,(H,18,22). The SMILES string of the molecule is CSc1nnc(CCCNC(=O)c2sccc2C)n1C1CCCC1. The number of nitrogens with one attached hydrogen (secondary N) is 1. The number of thioether (sulfide) groups is 1. The Hall–Kier alpha value is -1.34. The Labute approximate surface area is 151 Å². The number of aryl methyl sites for hydroxylation is 2. The highest BCUT2D eigenvalue weighted by Crippen LogP contribution is 2.33. The van der Waals surface area contributed by atoms with Gasteiger partial charge in [0, 0.05) is 19.0 Å². The molecule has 130 valence electrons. The van der Waals surface area contributed by atoms with Gasteiger partial charge in [-0.3, -0.25) is 4.79 Å². The smallest absolute Gasteiger partial charge is 0.261 e. The average molecular weight is 365 g/mol. The maximum absolute atomic E-state index is 12.1. The summed E-state index contributed by atoms with van der Waals surface area (Å²) in [6.07, 6.45) is 8.85. The Morgan fingerprint density at radius 2 is 2.21 bits per heavy atom. The van der Waals surface area contributed by atoms with Crippen LogP contribution in [0, 0.1) is 6.92 Å². The predicted molar refractivity (Wildman–Crippen MR) is 99.0 cm³/mol. The first-order valence-corrected chi connectivity index (χ1v) is 10.6. The van der Waals surface area contributed by atoms with Gasteiger partial charge in [-0.15, -0.1) is 21.5 Å². The van der Waals surface area contributed by atoms with Crippen LogP contribution in [0.1, 0.15) is 59.2 Å². The normalized spacial score (nSPS) is 15.1. The Bertz CT molecular complexity index is 689. The Morgan fingerprint density at radius 3 is 2.88 bits per heavy atom. The summed E-state index contributed by atoms with van der Waals surface area (Å²) in [6, 6.07) is 2.54. The first-order chi connectivity index (χ1) is 11.7. The number of amides is 1. The molecule has 0 saturated heterocycles. The molecule has 3 rings (SSSR count). The number of thiophene rings is 1. The first-order valence-electron chi connectivity index (χ1n) is 8.50. The maximum atomic E-state index is 12.1. The van der Waals surface area contributed by atoms with Gasteiger partial charge < -0.3 is 9.88 Å². The van der Waals surface area contributed by atoms with Crippen molar-refractivity contribution in [1.29, 1.82) is 0 Å². The van der Waals surface area contributed by atoms with Crippen molar-refractivity contribution in [1.82, 2.24) is 20.1 Å². The zero-order valence-corrected chi connectivity index (χ0v) is 15.9. The summed E-state index contributed by atoms with van der Waals surface area (Å²) in [6.45, 7) is 2.64. The van der Waals surface area contributed by atoms with Gasteiger partial charge in [-0.05, 0) is 49.5 Å². The molecule has 1 aliphatic carbocycles. The Morgan fingerprint density at radius 1 is 1.42 bits per heavy atom. The van der Waals surface area contributed by atoms with Crippen LogP contribution in [0.3, 0.4) is 0 Å². The van der Waals surface area contributed by atoms with E-state index < -0.39 is 0 Å². The minimum atomic E-state index is 0.0320. The number of rotatable bonds is 7. The Balaban J connectivity index is 1.54. The van der Waals surface area contributed by atoms with Gasteiger partial charge in [0.2, 0.25) is 0 Å². The Kier molecular flexibility index (Phi) is 5.94. The van der Waals surface area contributed by atoms with Crippen LogP contribution < -0.4 is 5.32 Å². The van der Waals surface area contributed by atoms with E-state index in [-0.39, 0.29) is 5.91 Å². The molecule has 2 aromatic rings. The quantitative estimate of drug-likeness (QED) is 0.599. The zero-order chi connectivity index (χ0) is 16.9. The van der Waals surface area contributed by atoms with Crippen molar-refractivity contribution in [2.75, 3.05) is 12.8 Å². The first kappa shape index (κ1) is 17.5. The van der Waals surface area contributed by atoms with Gasteiger partial charge in [0.15, 0.2) is 5.16 Å². The predicted octanol–water partition coefficient (Wildman–Crippen LogP) is 3.85. The van der Waals surface area contributed by atoms with E-state index in [4.69, 9.17) is 0 Å². The van der Waals surface area contributed by atoms with Crippen LogP contribution in [0.15, 0.2) is 16.6 Å². The molecule has 1 saturated carbocycles. The molecule has 0 aromatic carbocycles. The summed E-state index contributed by atoms with van der Waals surface area (Å²) in [5.74, 6) is 1.09. The number of carbonyl (C=O) groups excluding carboxylic acids is 1. The van der Waals surface area contributed by atoms with Gasteiger partial charge in [-0.2, -0.15) is 0 Å². The summed E-state index contributed by atoms with van der Waals surface area (Å²) < 4.78 is 2.34. The largest absolute Gasteiger partial charge is 0.351 e. The van der Waals surface area contributed by atoms with Crippen LogP contribution >= 0.6 is 23.1 Å². The summed E-state index contributed by atoms with van der Waals surface area (Å²) in [5.41, 5.74) is 1.04. The van der Waals surface area contributed by atoms with Gasteiger partial charge in [0.05, 0.1) is 4.88 Å². The van der Waals surface area contributed by atoms with E-state index in [0.717, 1.165) is 34.3 Å². The molecule has 7 heteroatoms. The number of carbonyl (C=O) groups is 1. The lowest BCUT2D eigenvalue weighted by atomic mass is 10.2. The van der Waals surface area contributed by atoms with E-state index in [2.05, 4.69) is 26.3 Å². The van der Waals surface area contributed by atoms with E-state index in [0.29, 0.717) is 12.6 Å². The lowest BCUT2D eigenvalue weighted by Gasteiger charge is -2.16. The van der Waals surface area contributed by atoms with Crippen molar-refractivity contribution in [2.45, 2.75) is 56.6 Å². The third kappa shape index (κ3) is 3.83. The highest BCUT2D eigenvalue weighted by molar-refractivity contribution is 7.98. The maximum Gasteiger partial charge on any atom is 0.261 e. The molecule has 2 heterocycles. The van der Waals surface area contributed by atoms with Gasteiger partial charge in [0.25, 0.3) is 5.91 Å². The second-order valence-electron chi connectivity index (χ2n) is 6.20. The number of nitrogens with zero attached hydrogens (tertiary/aromatic N) is 3. The minimum Gasteiger partial charge on any atom is -0.351 e. The molecule has 5 nitrogen and oxygen atoms in total. The van der Waals surface area contributed by atoms with Crippen LogP contribution in [-0.4, -0.2) is 33.5 Å². The molecule has 2 aromatic heterocycles. The summed E-state index contributed by atoms with van der Waals surface area (Å²) in [7, 11) is 0. The lowest BCUT2D eigenvalue weighted by molar-refractivity contribution is 0.0956. The van der Waals surface area contributed by atoms with Crippen molar-refractivity contribution in [2.24, 2.45) is 0 Å². The van der Waals surface area contributed by atoms with E-state index in [1.807, 2.05) is 18.4 Å². The number of aromatic nitrogens is 3. The average Bonchev–Trinajstić information content (AvgIpc) is 3.31. The van der Waals surface area contributed by atoms with E-state index in [9.17, 15) is 4.79 Å². The molecule has 0 unspecified atom stereocenters. The van der Waals surface area contributed by atoms with Crippen LogP contribution in [0.4, 0.5) is 0 Å². The lowest BCUT2D eigenvalue weighted by Crippen LogP contribution is -2.24. The second-order valence-corrected chi connectivity index (χ2v) is 7.89. The molecule has 1 aliphatic rings. The summed E-state index contributed by atoms with van der Waals surface area (Å²) in [5, 5.41) is 14.7. The van der Waals surface area contributed by atoms with Crippen LogP contribution in [-0.2, 0) is 6.42 Å². The molecular weight excluding hydrogens is 340 g/mol. The highest BCUT2D eigenvalue weighted by Gasteiger charge is 2.23. The number of hydrogen-bond donors (Lipinski definition) is 1. The second kappa shape index (κ2) is 8.16. The monoisotopic (exact) mass is 364 g/mol. The van der Waals surface area contributed by atoms with Crippen molar-refractivity contribution in [3.05, 3.63) is 27.7 Å². The molecule has 1 amide bonds. The van der Waals surface area contributed by atoms with Gasteiger partial charge in [0.1, 0.15) is 5.82 Å². The van der Waals surface area contributed by atoms with Gasteiger partial charge >= 0.3 is 0 Å². The fourth-order valence-corrected chi connectivity index (χ4v) is 4.70. The molecule has 0 spiro atoms. The van der Waals surface area contributed by atoms with Gasteiger partial charge in [-0.1, -0.05) is 24.6 Å². The molecule has 0 bridgehead atoms. The highest BCUT2D eigenvalue weighted by atomic mass is 32.2. The summed E-state index contributed by atoms with van der Waals surface area (Å²) >= 11 is 3.16. The van der Waals surface area contributed by atoms with E-state index in [1.165, 1.54) is 37.0 Å². The van der Waals surface area contributed by atoms with Crippen molar-refractivity contribution < 1.29 is 4.79 Å². The third-order valence-corrected chi connectivity index (χ3v) is 6.20. The van der Waals surface area contributed by atoms with E-state index in [1.54, 1.807) is 11.8 Å². The minimum absolute atomic E-state index is 0.0320. The topological polar surface area (TPSA) is 59.8 Å². The number of hydrogen-bond acceptors (Lipinski definition) is 5. The van der Waals surface area contributed by atoms with Crippen LogP contribution in [0.2, 0.25) is 0 Å². The zero-order valence-electron chi connectivity index (χ0n) is 14.2. The fraction of sp³-hybridized carbons (Fsp3) is 0.588. The molecule has 0 aliphatic heterocycles. The van der Waals surface area contributed by atoms with Crippen molar-refractivity contribution >= 4 is 29.0 Å². The molecule has 24 heavy (non-hydrogen) atoms.